The SMILES string of the molecule is Cc1ccc(C2(C)NC(=O)N(CC(=O)NCc3ccncc3)C2=O)cc1. The van der Waals surface area contributed by atoms with Gasteiger partial charge < -0.3 is 10.6 Å². The van der Waals surface area contributed by atoms with Gasteiger partial charge in [-0.3, -0.25) is 19.5 Å². The van der Waals surface area contributed by atoms with Gasteiger partial charge in [0.2, 0.25) is 5.91 Å². The van der Waals surface area contributed by atoms with E-state index in [4.69, 9.17) is 0 Å². The van der Waals surface area contributed by atoms with E-state index in [1.165, 1.54) is 0 Å². The first-order valence-electron chi connectivity index (χ1n) is 8.27. The molecule has 2 N–H and O–H groups in total. The topological polar surface area (TPSA) is 91.4 Å². The van der Waals surface area contributed by atoms with Crippen LogP contribution in [0.1, 0.15) is 23.6 Å². The summed E-state index contributed by atoms with van der Waals surface area (Å²) in [6.07, 6.45) is 3.26. The Balaban J connectivity index is 1.67. The molecule has 4 amide bonds. The molecule has 3 rings (SSSR count). The molecule has 2 aromatic rings. The molecule has 0 spiro atoms. The molecule has 0 aliphatic carbocycles. The standard InChI is InChI=1S/C19H20N4O3/c1-13-3-5-15(6-4-13)19(2)17(25)23(18(26)22-19)12-16(24)21-11-14-7-9-20-10-8-14/h3-10H,11-12H2,1-2H3,(H,21,24)(H,22,26). The highest BCUT2D eigenvalue weighted by Crippen LogP contribution is 2.28. The molecule has 1 unspecified atom stereocenters. The van der Waals surface area contributed by atoms with Crippen LogP contribution in [0.3, 0.4) is 0 Å². The first-order valence-corrected chi connectivity index (χ1v) is 8.27. The summed E-state index contributed by atoms with van der Waals surface area (Å²) in [6, 6.07) is 10.4. The van der Waals surface area contributed by atoms with Crippen molar-refractivity contribution in [2.24, 2.45) is 0 Å². The predicted molar refractivity (Wildman–Crippen MR) is 94.9 cm³/mol. The van der Waals surface area contributed by atoms with E-state index in [1.54, 1.807) is 43.6 Å². The summed E-state index contributed by atoms with van der Waals surface area (Å²) in [4.78, 5) is 42.1. The Morgan fingerprint density at radius 3 is 2.46 bits per heavy atom. The number of hydrogen-bond donors (Lipinski definition) is 2. The van der Waals surface area contributed by atoms with E-state index in [0.29, 0.717) is 12.1 Å². The quantitative estimate of drug-likeness (QED) is 0.797. The minimum absolute atomic E-state index is 0.306. The van der Waals surface area contributed by atoms with Crippen LogP contribution in [0.4, 0.5) is 4.79 Å². The zero-order valence-corrected chi connectivity index (χ0v) is 14.7. The molecule has 26 heavy (non-hydrogen) atoms. The number of nitrogens with zero attached hydrogens (tertiary/aromatic N) is 2. The molecule has 0 saturated carbocycles. The third-order valence-corrected chi connectivity index (χ3v) is 4.44. The third kappa shape index (κ3) is 3.42. The lowest BCUT2D eigenvalue weighted by Gasteiger charge is -2.22. The first kappa shape index (κ1) is 17.6. The molecule has 1 fully saturated rings. The van der Waals surface area contributed by atoms with Crippen molar-refractivity contribution >= 4 is 17.8 Å². The molecule has 1 aromatic carbocycles. The minimum atomic E-state index is -1.17. The molecule has 1 aliphatic heterocycles. The molecular formula is C19H20N4O3. The molecule has 134 valence electrons. The van der Waals surface area contributed by atoms with Crippen LogP contribution in [0, 0.1) is 6.92 Å². The fourth-order valence-electron chi connectivity index (χ4n) is 2.82. The van der Waals surface area contributed by atoms with Gasteiger partial charge in [0.05, 0.1) is 0 Å². The van der Waals surface area contributed by atoms with Gasteiger partial charge >= 0.3 is 6.03 Å². The Morgan fingerprint density at radius 2 is 1.81 bits per heavy atom. The maximum atomic E-state index is 12.8. The summed E-state index contributed by atoms with van der Waals surface area (Å²) < 4.78 is 0. The average molecular weight is 352 g/mol. The lowest BCUT2D eigenvalue weighted by Crippen LogP contribution is -2.43. The number of pyridine rings is 1. The zero-order valence-electron chi connectivity index (χ0n) is 14.7. The molecule has 1 saturated heterocycles. The highest BCUT2D eigenvalue weighted by molar-refractivity contribution is 6.09. The Kier molecular flexibility index (Phi) is 4.71. The van der Waals surface area contributed by atoms with Crippen molar-refractivity contribution in [2.45, 2.75) is 25.9 Å². The van der Waals surface area contributed by atoms with Crippen LogP contribution in [0.25, 0.3) is 0 Å². The lowest BCUT2D eigenvalue weighted by atomic mass is 9.91. The average Bonchev–Trinajstić information content (AvgIpc) is 2.85. The van der Waals surface area contributed by atoms with E-state index in [2.05, 4.69) is 15.6 Å². The van der Waals surface area contributed by atoms with E-state index in [9.17, 15) is 14.4 Å². The summed E-state index contributed by atoms with van der Waals surface area (Å²) in [7, 11) is 0. The number of carbonyl (C=O) groups is 3. The van der Waals surface area contributed by atoms with E-state index in [0.717, 1.165) is 16.0 Å². The number of nitrogens with one attached hydrogen (secondary N) is 2. The maximum Gasteiger partial charge on any atom is 0.325 e. The van der Waals surface area contributed by atoms with Crippen LogP contribution in [-0.2, 0) is 21.7 Å². The third-order valence-electron chi connectivity index (χ3n) is 4.44. The Morgan fingerprint density at radius 1 is 1.15 bits per heavy atom. The van der Waals surface area contributed by atoms with Crippen LogP contribution in [0.15, 0.2) is 48.8 Å². The van der Waals surface area contributed by atoms with Crippen molar-refractivity contribution in [3.8, 4) is 0 Å². The van der Waals surface area contributed by atoms with Crippen LogP contribution in [-0.4, -0.2) is 34.3 Å². The number of amides is 4. The second-order valence-corrected chi connectivity index (χ2v) is 6.44. The Bertz CT molecular complexity index is 836. The predicted octanol–water partition coefficient (Wildman–Crippen LogP) is 1.47. The largest absolute Gasteiger partial charge is 0.350 e. The molecule has 1 atom stereocenters. The van der Waals surface area contributed by atoms with E-state index >= 15 is 0 Å². The van der Waals surface area contributed by atoms with Crippen molar-refractivity contribution in [3.05, 3.63) is 65.5 Å². The fourth-order valence-corrected chi connectivity index (χ4v) is 2.82. The monoisotopic (exact) mass is 352 g/mol. The van der Waals surface area contributed by atoms with Gasteiger partial charge in [0, 0.05) is 18.9 Å². The highest BCUT2D eigenvalue weighted by Gasteiger charge is 2.49. The van der Waals surface area contributed by atoms with Crippen molar-refractivity contribution in [2.75, 3.05) is 6.54 Å². The minimum Gasteiger partial charge on any atom is -0.350 e. The number of aromatic nitrogens is 1. The van der Waals surface area contributed by atoms with Crippen LogP contribution >= 0.6 is 0 Å². The second kappa shape index (κ2) is 6.95. The van der Waals surface area contributed by atoms with Gasteiger partial charge in [0.25, 0.3) is 5.91 Å². The Hall–Kier alpha value is -3.22. The second-order valence-electron chi connectivity index (χ2n) is 6.44. The van der Waals surface area contributed by atoms with Gasteiger partial charge in [-0.2, -0.15) is 0 Å². The van der Waals surface area contributed by atoms with Gasteiger partial charge in [-0.1, -0.05) is 29.8 Å². The van der Waals surface area contributed by atoms with Crippen molar-refractivity contribution < 1.29 is 14.4 Å². The van der Waals surface area contributed by atoms with E-state index in [1.807, 2.05) is 19.1 Å². The summed E-state index contributed by atoms with van der Waals surface area (Å²) in [5.41, 5.74) is 1.45. The normalized spacial score (nSPS) is 19.4. The molecule has 7 nitrogen and oxygen atoms in total. The van der Waals surface area contributed by atoms with Gasteiger partial charge in [0.15, 0.2) is 0 Å². The van der Waals surface area contributed by atoms with E-state index < -0.39 is 23.4 Å². The number of carbonyl (C=O) groups excluding carboxylic acids is 3. The fraction of sp³-hybridized carbons (Fsp3) is 0.263. The molecule has 0 radical (unpaired) electrons. The van der Waals surface area contributed by atoms with Crippen LogP contribution in [0.5, 0.6) is 0 Å². The van der Waals surface area contributed by atoms with Gasteiger partial charge in [-0.05, 0) is 37.1 Å². The number of aryl methyl sites for hydroxylation is 1. The first-order chi connectivity index (χ1) is 12.4. The Labute approximate surface area is 151 Å². The van der Waals surface area contributed by atoms with Gasteiger partial charge in [-0.25, -0.2) is 4.79 Å². The van der Waals surface area contributed by atoms with E-state index in [-0.39, 0.29) is 6.54 Å². The maximum absolute atomic E-state index is 12.8. The van der Waals surface area contributed by atoms with Gasteiger partial charge in [0.1, 0.15) is 12.1 Å². The van der Waals surface area contributed by atoms with Crippen LogP contribution in [0.2, 0.25) is 0 Å². The number of urea groups is 1. The molecular weight excluding hydrogens is 332 g/mol. The molecule has 0 bridgehead atoms. The summed E-state index contributed by atoms with van der Waals surface area (Å²) in [5, 5.41) is 5.40. The number of hydrogen-bond acceptors (Lipinski definition) is 4. The van der Waals surface area contributed by atoms with Gasteiger partial charge in [-0.15, -0.1) is 0 Å². The summed E-state index contributed by atoms with van der Waals surface area (Å²) in [6.45, 7) is 3.57. The van der Waals surface area contributed by atoms with Crippen molar-refractivity contribution in [1.29, 1.82) is 0 Å². The van der Waals surface area contributed by atoms with Crippen molar-refractivity contribution in [3.63, 3.8) is 0 Å². The molecule has 7 heteroatoms. The zero-order chi connectivity index (χ0) is 18.7. The van der Waals surface area contributed by atoms with Crippen molar-refractivity contribution in [1.82, 2.24) is 20.5 Å². The smallest absolute Gasteiger partial charge is 0.325 e. The summed E-state index contributed by atoms with van der Waals surface area (Å²) in [5.74, 6) is -0.844. The number of rotatable bonds is 5. The van der Waals surface area contributed by atoms with Crippen LogP contribution < -0.4 is 10.6 Å². The lowest BCUT2D eigenvalue weighted by molar-refractivity contribution is -0.134. The number of imide groups is 1. The molecule has 2 heterocycles. The molecule has 1 aliphatic rings. The molecule has 1 aromatic heterocycles. The highest BCUT2D eigenvalue weighted by atomic mass is 16.2. The summed E-state index contributed by atoms with van der Waals surface area (Å²) >= 11 is 0. The number of benzene rings is 1.